The van der Waals surface area contributed by atoms with Gasteiger partial charge >= 0.3 is 6.09 Å². The summed E-state index contributed by atoms with van der Waals surface area (Å²) in [6.45, 7) is 8.43. The third kappa shape index (κ3) is 5.84. The van der Waals surface area contributed by atoms with Gasteiger partial charge in [-0.1, -0.05) is 0 Å². The van der Waals surface area contributed by atoms with Crippen LogP contribution in [0.15, 0.2) is 12.3 Å². The van der Waals surface area contributed by atoms with Gasteiger partial charge in [-0.25, -0.2) is 4.79 Å². The van der Waals surface area contributed by atoms with Crippen LogP contribution < -0.4 is 15.5 Å². The monoisotopic (exact) mass is 337 g/mol. The highest BCUT2D eigenvalue weighted by Gasteiger charge is 2.26. The van der Waals surface area contributed by atoms with E-state index in [-0.39, 0.29) is 12.1 Å². The number of carbonyl (C=O) groups is 1. The molecular weight excluding hydrogens is 310 g/mol. The number of methoxy groups -OCH3 is 1. The van der Waals surface area contributed by atoms with Crippen molar-refractivity contribution < 1.29 is 14.3 Å². The van der Waals surface area contributed by atoms with E-state index in [9.17, 15) is 4.79 Å². The van der Waals surface area contributed by atoms with Crippen LogP contribution in [-0.2, 0) is 9.47 Å². The molecule has 1 saturated heterocycles. The Morgan fingerprint density at radius 3 is 2.96 bits per heavy atom. The lowest BCUT2D eigenvalue weighted by atomic mass is 10.2. The number of hydrogen-bond donors (Lipinski definition) is 2. The summed E-state index contributed by atoms with van der Waals surface area (Å²) >= 11 is 0. The summed E-state index contributed by atoms with van der Waals surface area (Å²) in [6, 6.07) is 2.02. The highest BCUT2D eigenvalue weighted by Crippen LogP contribution is 2.21. The van der Waals surface area contributed by atoms with Gasteiger partial charge in [-0.2, -0.15) is 5.10 Å². The standard InChI is InChI=1S/C16H27N5O3/c1-16(2,3)24-15(22)19-12-5-7-21(11-12)13-9-14(20-18-10-13)17-6-8-23-4/h9-10,12H,5-8,11H2,1-4H3,(H,17,20)(H,19,22). The van der Waals surface area contributed by atoms with Crippen LogP contribution >= 0.6 is 0 Å². The number of nitrogens with one attached hydrogen (secondary N) is 2. The van der Waals surface area contributed by atoms with E-state index in [1.54, 1.807) is 13.3 Å². The molecule has 1 aromatic rings. The number of ether oxygens (including phenoxy) is 2. The maximum atomic E-state index is 11.9. The minimum atomic E-state index is -0.486. The van der Waals surface area contributed by atoms with Crippen LogP contribution in [-0.4, -0.2) is 61.3 Å². The quantitative estimate of drug-likeness (QED) is 0.763. The Hall–Kier alpha value is -2.09. The Morgan fingerprint density at radius 1 is 1.46 bits per heavy atom. The smallest absolute Gasteiger partial charge is 0.407 e. The van der Waals surface area contributed by atoms with Crippen LogP contribution in [0.25, 0.3) is 0 Å². The molecule has 8 heteroatoms. The zero-order valence-corrected chi connectivity index (χ0v) is 14.8. The minimum Gasteiger partial charge on any atom is -0.444 e. The fourth-order valence-corrected chi connectivity index (χ4v) is 2.48. The summed E-state index contributed by atoms with van der Waals surface area (Å²) in [5.41, 5.74) is 0.499. The summed E-state index contributed by atoms with van der Waals surface area (Å²) in [5.74, 6) is 0.716. The van der Waals surface area contributed by atoms with Crippen LogP contribution in [0.1, 0.15) is 27.2 Å². The highest BCUT2D eigenvalue weighted by molar-refractivity contribution is 5.68. The molecule has 0 radical (unpaired) electrons. The van der Waals surface area contributed by atoms with Crippen molar-refractivity contribution in [2.45, 2.75) is 38.8 Å². The van der Waals surface area contributed by atoms with Crippen molar-refractivity contribution in [2.75, 3.05) is 43.6 Å². The second-order valence-corrected chi connectivity index (χ2v) is 6.80. The molecule has 1 aromatic heterocycles. The first-order valence-electron chi connectivity index (χ1n) is 8.17. The van der Waals surface area contributed by atoms with E-state index in [1.165, 1.54) is 0 Å². The first kappa shape index (κ1) is 18.3. The summed E-state index contributed by atoms with van der Waals surface area (Å²) in [5, 5.41) is 14.2. The molecule has 24 heavy (non-hydrogen) atoms. The van der Waals surface area contributed by atoms with Gasteiger partial charge in [0.2, 0.25) is 0 Å². The van der Waals surface area contributed by atoms with Gasteiger partial charge in [-0.15, -0.1) is 5.10 Å². The van der Waals surface area contributed by atoms with Crippen LogP contribution in [0.4, 0.5) is 16.3 Å². The maximum Gasteiger partial charge on any atom is 0.407 e. The molecule has 134 valence electrons. The molecule has 2 rings (SSSR count). The highest BCUT2D eigenvalue weighted by atomic mass is 16.6. The Labute approximate surface area is 142 Å². The van der Waals surface area contributed by atoms with Crippen molar-refractivity contribution in [2.24, 2.45) is 0 Å². The first-order valence-corrected chi connectivity index (χ1v) is 8.17. The molecule has 1 atom stereocenters. The maximum absolute atomic E-state index is 11.9. The second kappa shape index (κ2) is 8.14. The fraction of sp³-hybridized carbons (Fsp3) is 0.688. The molecule has 0 aliphatic carbocycles. The van der Waals surface area contributed by atoms with Gasteiger partial charge in [0.1, 0.15) is 5.60 Å². The van der Waals surface area contributed by atoms with Gasteiger partial charge < -0.3 is 25.0 Å². The van der Waals surface area contributed by atoms with Crippen LogP contribution in [0.2, 0.25) is 0 Å². The third-order valence-corrected chi connectivity index (χ3v) is 3.53. The summed E-state index contributed by atoms with van der Waals surface area (Å²) in [6.07, 6.45) is 2.23. The van der Waals surface area contributed by atoms with Gasteiger partial charge in [-0.3, -0.25) is 0 Å². The van der Waals surface area contributed by atoms with Crippen molar-refractivity contribution in [3.63, 3.8) is 0 Å². The van der Waals surface area contributed by atoms with Gasteiger partial charge in [0.15, 0.2) is 5.82 Å². The average Bonchev–Trinajstić information content (AvgIpc) is 2.94. The largest absolute Gasteiger partial charge is 0.444 e. The molecule has 1 amide bonds. The molecule has 1 aliphatic heterocycles. The Balaban J connectivity index is 1.86. The lowest BCUT2D eigenvalue weighted by Crippen LogP contribution is -2.40. The normalized spacial score (nSPS) is 17.7. The van der Waals surface area contributed by atoms with Gasteiger partial charge in [-0.05, 0) is 27.2 Å². The van der Waals surface area contributed by atoms with Crippen LogP contribution in [0.3, 0.4) is 0 Å². The van der Waals surface area contributed by atoms with Gasteiger partial charge in [0.05, 0.1) is 24.5 Å². The Bertz CT molecular complexity index is 547. The van der Waals surface area contributed by atoms with E-state index in [1.807, 2.05) is 26.8 Å². The molecule has 0 spiro atoms. The molecule has 0 bridgehead atoms. The Kier molecular flexibility index (Phi) is 6.19. The van der Waals surface area contributed by atoms with Crippen molar-refractivity contribution in [3.05, 3.63) is 12.3 Å². The molecular formula is C16H27N5O3. The van der Waals surface area contributed by atoms with Crippen molar-refractivity contribution in [1.82, 2.24) is 15.5 Å². The third-order valence-electron chi connectivity index (χ3n) is 3.53. The minimum absolute atomic E-state index is 0.0675. The predicted molar refractivity (Wildman–Crippen MR) is 92.4 cm³/mol. The number of amides is 1. The predicted octanol–water partition coefficient (Wildman–Crippen LogP) is 1.64. The van der Waals surface area contributed by atoms with Crippen molar-refractivity contribution in [1.29, 1.82) is 0 Å². The topological polar surface area (TPSA) is 88.6 Å². The molecule has 1 aliphatic rings. The number of anilines is 2. The first-order chi connectivity index (χ1) is 11.4. The summed E-state index contributed by atoms with van der Waals surface area (Å²) in [7, 11) is 1.66. The molecule has 8 nitrogen and oxygen atoms in total. The Morgan fingerprint density at radius 2 is 2.25 bits per heavy atom. The molecule has 2 N–H and O–H groups in total. The lowest BCUT2D eigenvalue weighted by molar-refractivity contribution is 0.0509. The van der Waals surface area contributed by atoms with Crippen LogP contribution in [0, 0.1) is 0 Å². The molecule has 0 saturated carbocycles. The molecule has 2 heterocycles. The number of nitrogens with zero attached hydrogens (tertiary/aromatic N) is 3. The average molecular weight is 337 g/mol. The van der Waals surface area contributed by atoms with Crippen molar-refractivity contribution >= 4 is 17.6 Å². The van der Waals surface area contributed by atoms with Gasteiger partial charge in [0.25, 0.3) is 0 Å². The second-order valence-electron chi connectivity index (χ2n) is 6.80. The zero-order chi connectivity index (χ0) is 17.6. The number of rotatable bonds is 6. The molecule has 1 fully saturated rings. The van der Waals surface area contributed by atoms with E-state index in [4.69, 9.17) is 9.47 Å². The van der Waals surface area contributed by atoms with E-state index in [0.29, 0.717) is 19.0 Å². The van der Waals surface area contributed by atoms with Crippen LogP contribution in [0.5, 0.6) is 0 Å². The molecule has 0 aromatic carbocycles. The summed E-state index contributed by atoms with van der Waals surface area (Å²) in [4.78, 5) is 14.0. The van der Waals surface area contributed by atoms with E-state index < -0.39 is 5.60 Å². The van der Waals surface area contributed by atoms with E-state index >= 15 is 0 Å². The zero-order valence-electron chi connectivity index (χ0n) is 14.8. The fourth-order valence-electron chi connectivity index (χ4n) is 2.48. The lowest BCUT2D eigenvalue weighted by Gasteiger charge is -2.22. The number of carbonyl (C=O) groups excluding carboxylic acids is 1. The molecule has 1 unspecified atom stereocenters. The number of aromatic nitrogens is 2. The number of hydrogen-bond acceptors (Lipinski definition) is 7. The number of alkyl carbamates (subject to hydrolysis) is 1. The van der Waals surface area contributed by atoms with E-state index in [2.05, 4.69) is 25.7 Å². The van der Waals surface area contributed by atoms with E-state index in [0.717, 1.165) is 25.2 Å². The van der Waals surface area contributed by atoms with Gasteiger partial charge in [0, 0.05) is 32.8 Å². The van der Waals surface area contributed by atoms with Crippen molar-refractivity contribution in [3.8, 4) is 0 Å². The summed E-state index contributed by atoms with van der Waals surface area (Å²) < 4.78 is 10.3. The SMILES string of the molecule is COCCNc1cc(N2CCC(NC(=O)OC(C)(C)C)C2)cnn1.